The predicted octanol–water partition coefficient (Wildman–Crippen LogP) is 3.91. The molecule has 6 heteroatoms. The number of carbonyl (C=O) groups is 1. The zero-order valence-electron chi connectivity index (χ0n) is 11.2. The molecule has 0 fully saturated rings. The van der Waals surface area contributed by atoms with E-state index < -0.39 is 0 Å². The Morgan fingerprint density at radius 2 is 2.05 bits per heavy atom. The van der Waals surface area contributed by atoms with Crippen molar-refractivity contribution in [3.63, 3.8) is 0 Å². The van der Waals surface area contributed by atoms with Crippen LogP contribution >= 0.6 is 22.9 Å². The van der Waals surface area contributed by atoms with E-state index in [0.717, 1.165) is 28.4 Å². The van der Waals surface area contributed by atoms with Gasteiger partial charge in [0, 0.05) is 17.9 Å². The van der Waals surface area contributed by atoms with Gasteiger partial charge in [-0.1, -0.05) is 48.4 Å². The molecule has 4 nitrogen and oxygen atoms in total. The summed E-state index contributed by atoms with van der Waals surface area (Å²) >= 11 is 7.25. The van der Waals surface area contributed by atoms with Crippen LogP contribution in [0.3, 0.4) is 0 Å². The first-order valence-corrected chi connectivity index (χ1v) is 7.73. The third-order valence-electron chi connectivity index (χ3n) is 2.74. The molecule has 0 aliphatic carbocycles. The lowest BCUT2D eigenvalue weighted by Gasteiger charge is -1.99. The molecule has 0 saturated heterocycles. The molecule has 0 aliphatic rings. The molecule has 0 saturated carbocycles. The molecule has 20 heavy (non-hydrogen) atoms. The molecule has 1 aromatic heterocycles. The number of unbranched alkanes of at least 4 members (excludes halogenated alkanes) is 1. The normalized spacial score (nSPS) is 10.5. The molecule has 0 radical (unpaired) electrons. The number of anilines is 1. The first-order valence-electron chi connectivity index (χ1n) is 6.54. The number of nitrogens with one attached hydrogen (secondary N) is 1. The van der Waals surface area contributed by atoms with Gasteiger partial charge in [-0.25, -0.2) is 0 Å². The fraction of sp³-hybridized carbons (Fsp3) is 0.357. The third-order valence-corrected chi connectivity index (χ3v) is 3.83. The van der Waals surface area contributed by atoms with Gasteiger partial charge in [-0.2, -0.15) is 0 Å². The van der Waals surface area contributed by atoms with Crippen LogP contribution < -0.4 is 5.32 Å². The minimum atomic E-state index is 0.000966. The number of hydrogen-bond acceptors (Lipinski definition) is 4. The minimum Gasteiger partial charge on any atom is -0.301 e. The lowest BCUT2D eigenvalue weighted by Crippen LogP contribution is -2.10. The first kappa shape index (κ1) is 14.9. The second-order valence-corrected chi connectivity index (χ2v) is 5.95. The van der Waals surface area contributed by atoms with Crippen LogP contribution in [-0.2, 0) is 11.2 Å². The zero-order valence-corrected chi connectivity index (χ0v) is 12.8. The van der Waals surface area contributed by atoms with Gasteiger partial charge in [0.1, 0.15) is 5.01 Å². The summed E-state index contributed by atoms with van der Waals surface area (Å²) in [6, 6.07) is 7.63. The summed E-state index contributed by atoms with van der Waals surface area (Å²) in [6.07, 6.45) is 3.12. The van der Waals surface area contributed by atoms with Crippen LogP contribution in [0.15, 0.2) is 24.3 Å². The molecule has 2 aromatic rings. The second kappa shape index (κ2) is 7.36. The minimum absolute atomic E-state index is 0.000966. The van der Waals surface area contributed by atoms with Crippen LogP contribution in [0.5, 0.6) is 0 Å². The Balaban J connectivity index is 1.91. The van der Waals surface area contributed by atoms with Gasteiger partial charge in [-0.15, -0.1) is 10.2 Å². The van der Waals surface area contributed by atoms with E-state index in [9.17, 15) is 4.79 Å². The Morgan fingerprint density at radius 1 is 1.30 bits per heavy atom. The van der Waals surface area contributed by atoms with Crippen molar-refractivity contribution in [2.75, 3.05) is 5.32 Å². The molecule has 1 heterocycles. The lowest BCUT2D eigenvalue weighted by atomic mass is 10.2. The molecule has 1 aromatic carbocycles. The maximum atomic E-state index is 11.6. The van der Waals surface area contributed by atoms with E-state index in [1.807, 2.05) is 24.3 Å². The van der Waals surface area contributed by atoms with Crippen LogP contribution in [0.25, 0.3) is 0 Å². The highest BCUT2D eigenvalue weighted by atomic mass is 35.5. The largest absolute Gasteiger partial charge is 0.301 e. The Hall–Kier alpha value is -1.46. The fourth-order valence-corrected chi connectivity index (χ4v) is 2.59. The standard InChI is InChI=1S/C14H16ClN3OS/c1-2-3-4-12(19)16-14-18-17-13(20-14)9-10-5-7-11(15)8-6-10/h5-8H,2-4,9H2,1H3,(H,16,18,19). The van der Waals surface area contributed by atoms with Gasteiger partial charge in [0.05, 0.1) is 0 Å². The van der Waals surface area contributed by atoms with Gasteiger partial charge >= 0.3 is 0 Å². The number of aromatic nitrogens is 2. The second-order valence-electron chi connectivity index (χ2n) is 4.46. The van der Waals surface area contributed by atoms with Gasteiger partial charge in [0.15, 0.2) is 0 Å². The number of amides is 1. The number of hydrogen-bond donors (Lipinski definition) is 1. The van der Waals surface area contributed by atoms with Gasteiger partial charge in [-0.05, 0) is 24.1 Å². The van der Waals surface area contributed by atoms with E-state index in [-0.39, 0.29) is 5.91 Å². The van der Waals surface area contributed by atoms with Crippen LogP contribution in [0, 0.1) is 0 Å². The quantitative estimate of drug-likeness (QED) is 0.880. The highest BCUT2D eigenvalue weighted by molar-refractivity contribution is 7.15. The Kier molecular flexibility index (Phi) is 5.49. The third kappa shape index (κ3) is 4.58. The summed E-state index contributed by atoms with van der Waals surface area (Å²) in [4.78, 5) is 11.6. The SMILES string of the molecule is CCCCC(=O)Nc1nnc(Cc2ccc(Cl)cc2)s1. The zero-order chi connectivity index (χ0) is 14.4. The molecule has 1 amide bonds. The molecule has 1 N–H and O–H groups in total. The van der Waals surface area contributed by atoms with E-state index in [0.29, 0.717) is 18.0 Å². The van der Waals surface area contributed by atoms with Crippen molar-refractivity contribution in [3.8, 4) is 0 Å². The summed E-state index contributed by atoms with van der Waals surface area (Å²) in [5, 5.41) is 13.0. The molecule has 0 bridgehead atoms. The van der Waals surface area contributed by atoms with Crippen LogP contribution in [0.2, 0.25) is 5.02 Å². The molecule has 0 atom stereocenters. The molecular formula is C14H16ClN3OS. The number of benzene rings is 1. The van der Waals surface area contributed by atoms with Crippen LogP contribution in [0.4, 0.5) is 5.13 Å². The summed E-state index contributed by atoms with van der Waals surface area (Å²) in [5.41, 5.74) is 1.12. The van der Waals surface area contributed by atoms with Crippen molar-refractivity contribution < 1.29 is 4.79 Å². The van der Waals surface area contributed by atoms with E-state index in [2.05, 4.69) is 22.4 Å². The van der Waals surface area contributed by atoms with Crippen molar-refractivity contribution in [1.29, 1.82) is 0 Å². The highest BCUT2D eigenvalue weighted by Gasteiger charge is 2.08. The molecule has 0 unspecified atom stereocenters. The maximum Gasteiger partial charge on any atom is 0.226 e. The molecule has 0 aliphatic heterocycles. The van der Waals surface area contributed by atoms with Crippen molar-refractivity contribution >= 4 is 34.0 Å². The molecular weight excluding hydrogens is 294 g/mol. The molecule has 2 rings (SSSR count). The lowest BCUT2D eigenvalue weighted by molar-refractivity contribution is -0.116. The summed E-state index contributed by atoms with van der Waals surface area (Å²) in [7, 11) is 0. The van der Waals surface area contributed by atoms with E-state index >= 15 is 0 Å². The number of rotatable bonds is 6. The predicted molar refractivity (Wildman–Crippen MR) is 82.3 cm³/mol. The number of halogens is 1. The number of nitrogens with zero attached hydrogens (tertiary/aromatic N) is 2. The molecule has 0 spiro atoms. The smallest absolute Gasteiger partial charge is 0.226 e. The summed E-state index contributed by atoms with van der Waals surface area (Å²) in [5.74, 6) is 0.000966. The molecule has 106 valence electrons. The van der Waals surface area contributed by atoms with Gasteiger partial charge in [0.25, 0.3) is 0 Å². The monoisotopic (exact) mass is 309 g/mol. The number of carbonyl (C=O) groups excluding carboxylic acids is 1. The van der Waals surface area contributed by atoms with Crippen molar-refractivity contribution in [3.05, 3.63) is 39.9 Å². The average molecular weight is 310 g/mol. The van der Waals surface area contributed by atoms with E-state index in [1.165, 1.54) is 11.3 Å². The first-order chi connectivity index (χ1) is 9.67. The summed E-state index contributed by atoms with van der Waals surface area (Å²) < 4.78 is 0. The van der Waals surface area contributed by atoms with Crippen LogP contribution in [0.1, 0.15) is 36.8 Å². The van der Waals surface area contributed by atoms with Crippen LogP contribution in [-0.4, -0.2) is 16.1 Å². The van der Waals surface area contributed by atoms with Crippen molar-refractivity contribution in [1.82, 2.24) is 10.2 Å². The van der Waals surface area contributed by atoms with Crippen molar-refractivity contribution in [2.45, 2.75) is 32.6 Å². The Labute approximate surface area is 127 Å². The van der Waals surface area contributed by atoms with E-state index in [1.54, 1.807) is 0 Å². The Morgan fingerprint density at radius 3 is 2.75 bits per heavy atom. The van der Waals surface area contributed by atoms with Crippen molar-refractivity contribution in [2.24, 2.45) is 0 Å². The van der Waals surface area contributed by atoms with Gasteiger partial charge in [-0.3, -0.25) is 4.79 Å². The highest BCUT2D eigenvalue weighted by Crippen LogP contribution is 2.19. The summed E-state index contributed by atoms with van der Waals surface area (Å²) in [6.45, 7) is 2.06. The van der Waals surface area contributed by atoms with Gasteiger partial charge < -0.3 is 5.32 Å². The average Bonchev–Trinajstić information content (AvgIpc) is 2.86. The topological polar surface area (TPSA) is 54.9 Å². The van der Waals surface area contributed by atoms with Gasteiger partial charge in [0.2, 0.25) is 11.0 Å². The Bertz CT molecular complexity index is 568. The fourth-order valence-electron chi connectivity index (χ4n) is 1.67. The maximum absolute atomic E-state index is 11.6. The van der Waals surface area contributed by atoms with E-state index in [4.69, 9.17) is 11.6 Å².